The Kier molecular flexibility index (Phi) is 4.87. The Bertz CT molecular complexity index is 514. The molecule has 2 heterocycles. The number of rotatable bonds is 3. The number of nitrogens with two attached hydrogens (primary N) is 1. The minimum Gasteiger partial charge on any atom is -0.377 e. The second-order valence-electron chi connectivity index (χ2n) is 4.17. The molecule has 1 saturated heterocycles. The van der Waals surface area contributed by atoms with Crippen molar-refractivity contribution in [3.63, 3.8) is 0 Å². The fourth-order valence-corrected chi connectivity index (χ4v) is 2.52. The van der Waals surface area contributed by atoms with Crippen LogP contribution in [0.15, 0.2) is 6.07 Å². The molecule has 0 radical (unpaired) electrons. The molecule has 4 N–H and O–H groups in total. The number of hydrogen-bond acceptors (Lipinski definition) is 6. The number of likely N-dealkylation sites (N-methyl/N-ethyl adjacent to an activating group) is 1. The van der Waals surface area contributed by atoms with E-state index in [4.69, 9.17) is 33.8 Å². The summed E-state index contributed by atoms with van der Waals surface area (Å²) in [6.45, 7) is 1.25. The lowest BCUT2D eigenvalue weighted by molar-refractivity contribution is -0.124. The highest BCUT2D eigenvalue weighted by Crippen LogP contribution is 2.32. The molecule has 1 fully saturated rings. The van der Waals surface area contributed by atoms with Gasteiger partial charge in [0.25, 0.3) is 0 Å². The minimum absolute atomic E-state index is 0.167. The summed E-state index contributed by atoms with van der Waals surface area (Å²) in [5.74, 6) is 5.93. The number of aromatic nitrogens is 1. The first kappa shape index (κ1) is 15.1. The van der Waals surface area contributed by atoms with Crippen molar-refractivity contribution in [2.24, 2.45) is 5.84 Å². The van der Waals surface area contributed by atoms with E-state index in [1.807, 2.05) is 0 Å². The number of halogens is 2. The maximum Gasteiger partial charge on any atom is 0.244 e. The van der Waals surface area contributed by atoms with E-state index < -0.39 is 6.04 Å². The Morgan fingerprint density at radius 3 is 2.95 bits per heavy atom. The fourth-order valence-electron chi connectivity index (χ4n) is 2.00. The van der Waals surface area contributed by atoms with Gasteiger partial charge in [0.05, 0.1) is 23.3 Å². The van der Waals surface area contributed by atoms with Crippen LogP contribution in [0.2, 0.25) is 10.0 Å². The Morgan fingerprint density at radius 1 is 1.55 bits per heavy atom. The first-order chi connectivity index (χ1) is 9.58. The number of carbonyl (C=O) groups is 1. The van der Waals surface area contributed by atoms with Gasteiger partial charge in [-0.3, -0.25) is 4.79 Å². The SMILES string of the molecule is CNC(=O)C1COCCN1c1nc(NN)c(Cl)cc1Cl. The zero-order valence-corrected chi connectivity index (χ0v) is 12.3. The third kappa shape index (κ3) is 2.90. The smallest absolute Gasteiger partial charge is 0.244 e. The lowest BCUT2D eigenvalue weighted by Crippen LogP contribution is -2.53. The standard InChI is InChI=1S/C11H15Cl2N5O2/c1-15-11(19)8-5-20-3-2-18(8)10-7(13)4-6(12)9(16-10)17-14/h4,8H,2-3,5,14H2,1H3,(H,15,19)(H,16,17). The number of pyridine rings is 1. The Morgan fingerprint density at radius 2 is 2.30 bits per heavy atom. The van der Waals surface area contributed by atoms with E-state index in [0.717, 1.165) is 0 Å². The van der Waals surface area contributed by atoms with Gasteiger partial charge in [-0.15, -0.1) is 0 Å². The van der Waals surface area contributed by atoms with Gasteiger partial charge in [-0.2, -0.15) is 0 Å². The molecule has 2 rings (SSSR count). The molecule has 0 aliphatic carbocycles. The average molecular weight is 320 g/mol. The van der Waals surface area contributed by atoms with Gasteiger partial charge in [-0.25, -0.2) is 10.8 Å². The van der Waals surface area contributed by atoms with Gasteiger partial charge in [0.2, 0.25) is 5.91 Å². The molecular formula is C11H15Cl2N5O2. The third-order valence-corrected chi connectivity index (χ3v) is 3.56. The van der Waals surface area contributed by atoms with Crippen molar-refractivity contribution in [2.45, 2.75) is 6.04 Å². The maximum atomic E-state index is 11.9. The number of ether oxygens (including phenoxy) is 1. The van der Waals surface area contributed by atoms with Crippen molar-refractivity contribution < 1.29 is 9.53 Å². The van der Waals surface area contributed by atoms with Crippen LogP contribution in [0.5, 0.6) is 0 Å². The molecule has 0 bridgehead atoms. The molecule has 1 aromatic rings. The van der Waals surface area contributed by atoms with Crippen molar-refractivity contribution in [1.82, 2.24) is 10.3 Å². The molecule has 110 valence electrons. The Balaban J connectivity index is 2.39. The first-order valence-electron chi connectivity index (χ1n) is 5.97. The van der Waals surface area contributed by atoms with Crippen molar-refractivity contribution >= 4 is 40.7 Å². The zero-order chi connectivity index (χ0) is 14.7. The van der Waals surface area contributed by atoms with E-state index in [-0.39, 0.29) is 12.5 Å². The Hall–Kier alpha value is -1.28. The minimum atomic E-state index is -0.495. The summed E-state index contributed by atoms with van der Waals surface area (Å²) in [5.41, 5.74) is 2.40. The highest BCUT2D eigenvalue weighted by molar-refractivity contribution is 6.37. The molecule has 1 aliphatic heterocycles. The van der Waals surface area contributed by atoms with Crippen molar-refractivity contribution in [2.75, 3.05) is 37.1 Å². The summed E-state index contributed by atoms with van der Waals surface area (Å²) >= 11 is 12.1. The van der Waals surface area contributed by atoms with Crippen LogP contribution < -0.4 is 21.5 Å². The molecule has 20 heavy (non-hydrogen) atoms. The second-order valence-corrected chi connectivity index (χ2v) is 4.98. The number of nitrogens with zero attached hydrogens (tertiary/aromatic N) is 2. The van der Waals surface area contributed by atoms with Crippen LogP contribution in [-0.4, -0.2) is 43.7 Å². The van der Waals surface area contributed by atoms with Crippen LogP contribution >= 0.6 is 23.2 Å². The van der Waals surface area contributed by atoms with E-state index in [1.165, 1.54) is 6.07 Å². The van der Waals surface area contributed by atoms with Gasteiger partial charge >= 0.3 is 0 Å². The van der Waals surface area contributed by atoms with E-state index in [1.54, 1.807) is 11.9 Å². The van der Waals surface area contributed by atoms with Crippen LogP contribution in [0.3, 0.4) is 0 Å². The van der Waals surface area contributed by atoms with Crippen LogP contribution in [0.1, 0.15) is 0 Å². The number of anilines is 2. The molecule has 9 heteroatoms. The van der Waals surface area contributed by atoms with Gasteiger partial charge < -0.3 is 20.4 Å². The topological polar surface area (TPSA) is 92.5 Å². The summed E-state index contributed by atoms with van der Waals surface area (Å²) in [7, 11) is 1.57. The molecule has 1 unspecified atom stereocenters. The number of morpholine rings is 1. The van der Waals surface area contributed by atoms with Crippen molar-refractivity contribution in [3.05, 3.63) is 16.1 Å². The summed E-state index contributed by atoms with van der Waals surface area (Å²) in [5, 5.41) is 3.26. The monoisotopic (exact) mass is 319 g/mol. The predicted octanol–water partition coefficient (Wildman–Crippen LogP) is 0.625. The van der Waals surface area contributed by atoms with Crippen molar-refractivity contribution in [1.29, 1.82) is 0 Å². The summed E-state index contributed by atoms with van der Waals surface area (Å²) < 4.78 is 5.34. The van der Waals surface area contributed by atoms with E-state index in [0.29, 0.717) is 34.8 Å². The molecule has 0 saturated carbocycles. The number of nitrogens with one attached hydrogen (secondary N) is 2. The third-order valence-electron chi connectivity index (χ3n) is 3.00. The van der Waals surface area contributed by atoms with Crippen molar-refractivity contribution in [3.8, 4) is 0 Å². The molecule has 7 nitrogen and oxygen atoms in total. The summed E-state index contributed by atoms with van der Waals surface area (Å²) in [4.78, 5) is 18.0. The number of carbonyl (C=O) groups excluding carboxylic acids is 1. The van der Waals surface area contributed by atoms with Crippen LogP contribution in [0.25, 0.3) is 0 Å². The van der Waals surface area contributed by atoms with Gasteiger partial charge in [0, 0.05) is 13.6 Å². The lowest BCUT2D eigenvalue weighted by Gasteiger charge is -2.35. The van der Waals surface area contributed by atoms with E-state index in [9.17, 15) is 4.79 Å². The predicted molar refractivity (Wildman–Crippen MR) is 78.1 cm³/mol. The number of hydrogen-bond donors (Lipinski definition) is 3. The molecule has 1 amide bonds. The zero-order valence-electron chi connectivity index (χ0n) is 10.8. The average Bonchev–Trinajstić information content (AvgIpc) is 2.47. The Labute approximate surface area is 126 Å². The molecule has 0 aromatic carbocycles. The highest BCUT2D eigenvalue weighted by atomic mass is 35.5. The van der Waals surface area contributed by atoms with E-state index in [2.05, 4.69) is 15.7 Å². The number of hydrazine groups is 1. The summed E-state index contributed by atoms with van der Waals surface area (Å²) in [6, 6.07) is 1.04. The fraction of sp³-hybridized carbons (Fsp3) is 0.455. The van der Waals surface area contributed by atoms with Gasteiger partial charge in [0.1, 0.15) is 6.04 Å². The van der Waals surface area contributed by atoms with Gasteiger partial charge in [-0.05, 0) is 6.07 Å². The van der Waals surface area contributed by atoms with Gasteiger partial charge in [0.15, 0.2) is 11.6 Å². The maximum absolute atomic E-state index is 11.9. The lowest BCUT2D eigenvalue weighted by atomic mass is 10.2. The summed E-state index contributed by atoms with van der Waals surface area (Å²) in [6.07, 6.45) is 0. The van der Waals surface area contributed by atoms with Crippen LogP contribution in [0, 0.1) is 0 Å². The van der Waals surface area contributed by atoms with Gasteiger partial charge in [-0.1, -0.05) is 23.2 Å². The highest BCUT2D eigenvalue weighted by Gasteiger charge is 2.31. The largest absolute Gasteiger partial charge is 0.377 e. The normalized spacial score (nSPS) is 18.8. The van der Waals surface area contributed by atoms with Crippen LogP contribution in [-0.2, 0) is 9.53 Å². The molecular weight excluding hydrogens is 305 g/mol. The number of amides is 1. The van der Waals surface area contributed by atoms with E-state index >= 15 is 0 Å². The molecule has 1 atom stereocenters. The molecule has 0 spiro atoms. The van der Waals surface area contributed by atoms with Crippen LogP contribution in [0.4, 0.5) is 11.6 Å². The molecule has 1 aliphatic rings. The second kappa shape index (κ2) is 6.45. The quantitative estimate of drug-likeness (QED) is 0.559. The number of nitrogen functional groups attached to an aromatic ring is 1. The first-order valence-corrected chi connectivity index (χ1v) is 6.72. The molecule has 1 aromatic heterocycles.